The van der Waals surface area contributed by atoms with Gasteiger partial charge in [0.1, 0.15) is 5.15 Å². The van der Waals surface area contributed by atoms with Crippen molar-refractivity contribution < 1.29 is 4.79 Å². The predicted octanol–water partition coefficient (Wildman–Crippen LogP) is 3.20. The zero-order valence-electron chi connectivity index (χ0n) is 12.1. The molecule has 0 bridgehead atoms. The number of hydrogen-bond donors (Lipinski definition) is 0. The van der Waals surface area contributed by atoms with Gasteiger partial charge in [-0.25, -0.2) is 4.98 Å². The maximum absolute atomic E-state index is 12.8. The van der Waals surface area contributed by atoms with Crippen LogP contribution in [0.2, 0.25) is 5.15 Å². The minimum absolute atomic E-state index is 0.00785. The van der Waals surface area contributed by atoms with Gasteiger partial charge in [0.2, 0.25) is 0 Å². The lowest BCUT2D eigenvalue weighted by atomic mass is 9.96. The Kier molecular flexibility index (Phi) is 4.52. The molecule has 21 heavy (non-hydrogen) atoms. The maximum atomic E-state index is 12.8. The van der Waals surface area contributed by atoms with Crippen LogP contribution in [0.25, 0.3) is 0 Å². The molecule has 1 amide bonds. The first-order chi connectivity index (χ1) is 10.1. The number of rotatable bonds is 1. The minimum Gasteiger partial charge on any atom is -0.333 e. The van der Waals surface area contributed by atoms with E-state index in [0.29, 0.717) is 11.6 Å². The first-order valence-corrected chi connectivity index (χ1v) is 8.59. The Balaban J connectivity index is 1.82. The van der Waals surface area contributed by atoms with Gasteiger partial charge in [-0.2, -0.15) is 0 Å². The normalized spacial score (nSPS) is 26.5. The minimum atomic E-state index is -0.00785. The summed E-state index contributed by atoms with van der Waals surface area (Å²) in [7, 11) is 0. The Morgan fingerprint density at radius 3 is 3.05 bits per heavy atom. The van der Waals surface area contributed by atoms with Crippen LogP contribution >= 0.6 is 27.5 Å². The zero-order valence-corrected chi connectivity index (χ0v) is 14.4. The molecule has 2 aliphatic rings. The van der Waals surface area contributed by atoms with Crippen LogP contribution in [0.4, 0.5) is 0 Å². The molecule has 2 aliphatic heterocycles. The van der Waals surface area contributed by atoms with E-state index in [1.165, 1.54) is 19.3 Å². The summed E-state index contributed by atoms with van der Waals surface area (Å²) < 4.78 is 0.777. The smallest absolute Gasteiger partial charge is 0.257 e. The standard InChI is InChI=1S/C15H19BrClN3O/c1-10-8-19-5-3-2-4-12(19)9-20(10)15(21)13-6-11(16)7-18-14(13)17/h6-7,10,12H,2-5,8-9H2,1H3. The molecule has 4 nitrogen and oxygen atoms in total. The highest BCUT2D eigenvalue weighted by Crippen LogP contribution is 2.27. The highest BCUT2D eigenvalue weighted by atomic mass is 79.9. The topological polar surface area (TPSA) is 36.4 Å². The van der Waals surface area contributed by atoms with Crippen LogP contribution in [0.15, 0.2) is 16.7 Å². The lowest BCUT2D eigenvalue weighted by molar-refractivity contribution is 0.0151. The van der Waals surface area contributed by atoms with Crippen molar-refractivity contribution in [1.29, 1.82) is 0 Å². The van der Waals surface area contributed by atoms with E-state index in [4.69, 9.17) is 11.6 Å². The first kappa shape index (κ1) is 15.3. The number of hydrogen-bond acceptors (Lipinski definition) is 3. The molecule has 6 heteroatoms. The zero-order chi connectivity index (χ0) is 15.0. The number of nitrogens with zero attached hydrogens (tertiary/aromatic N) is 3. The summed E-state index contributed by atoms with van der Waals surface area (Å²) in [5.74, 6) is -0.00785. The summed E-state index contributed by atoms with van der Waals surface area (Å²) >= 11 is 9.46. The molecule has 2 saturated heterocycles. The fraction of sp³-hybridized carbons (Fsp3) is 0.600. The predicted molar refractivity (Wildman–Crippen MR) is 86.7 cm³/mol. The van der Waals surface area contributed by atoms with Crippen LogP contribution in [0.1, 0.15) is 36.5 Å². The number of piperidine rings is 1. The number of pyridine rings is 1. The van der Waals surface area contributed by atoms with Gasteiger partial charge in [0.25, 0.3) is 5.91 Å². The van der Waals surface area contributed by atoms with Crippen molar-refractivity contribution in [3.05, 3.63) is 27.5 Å². The third-order valence-corrected chi connectivity index (χ3v) is 5.22. The van der Waals surface area contributed by atoms with Crippen LogP contribution in [-0.4, -0.2) is 52.4 Å². The van der Waals surface area contributed by atoms with Gasteiger partial charge in [0, 0.05) is 35.8 Å². The average molecular weight is 373 g/mol. The van der Waals surface area contributed by atoms with Crippen LogP contribution in [0.5, 0.6) is 0 Å². The second-order valence-electron chi connectivity index (χ2n) is 5.94. The van der Waals surface area contributed by atoms with Crippen molar-refractivity contribution in [2.45, 2.75) is 38.3 Å². The third-order valence-electron chi connectivity index (χ3n) is 4.48. The molecule has 114 valence electrons. The lowest BCUT2D eigenvalue weighted by Crippen LogP contribution is -2.60. The van der Waals surface area contributed by atoms with Crippen molar-refractivity contribution in [3.8, 4) is 0 Å². The van der Waals surface area contributed by atoms with Crippen LogP contribution < -0.4 is 0 Å². The SMILES string of the molecule is CC1CN2CCCCC2CN1C(=O)c1cc(Br)cnc1Cl. The molecule has 3 heterocycles. The Morgan fingerprint density at radius 2 is 2.24 bits per heavy atom. The molecular formula is C15H19BrClN3O. The van der Waals surface area contributed by atoms with Gasteiger partial charge in [-0.05, 0) is 48.3 Å². The monoisotopic (exact) mass is 371 g/mol. The third kappa shape index (κ3) is 3.10. The summed E-state index contributed by atoms with van der Waals surface area (Å²) in [4.78, 5) is 21.4. The average Bonchev–Trinajstić information content (AvgIpc) is 2.48. The van der Waals surface area contributed by atoms with Gasteiger partial charge in [-0.15, -0.1) is 0 Å². The molecule has 3 rings (SSSR count). The lowest BCUT2D eigenvalue weighted by Gasteiger charge is -2.47. The molecule has 0 spiro atoms. The first-order valence-electron chi connectivity index (χ1n) is 7.42. The summed E-state index contributed by atoms with van der Waals surface area (Å²) in [6, 6.07) is 2.47. The Morgan fingerprint density at radius 1 is 1.43 bits per heavy atom. The van der Waals surface area contributed by atoms with Gasteiger partial charge in [-0.3, -0.25) is 9.69 Å². The molecule has 0 aliphatic carbocycles. The van der Waals surface area contributed by atoms with E-state index in [2.05, 4.69) is 32.7 Å². The maximum Gasteiger partial charge on any atom is 0.257 e. The van der Waals surface area contributed by atoms with Gasteiger partial charge in [0.05, 0.1) is 5.56 Å². The number of piperazine rings is 1. The number of fused-ring (bicyclic) bond motifs is 1. The van der Waals surface area contributed by atoms with Gasteiger partial charge in [-0.1, -0.05) is 18.0 Å². The molecule has 0 aromatic carbocycles. The number of halogens is 2. The molecule has 2 fully saturated rings. The molecule has 0 saturated carbocycles. The van der Waals surface area contributed by atoms with E-state index < -0.39 is 0 Å². The molecule has 0 radical (unpaired) electrons. The summed E-state index contributed by atoms with van der Waals surface area (Å²) in [5.41, 5.74) is 0.488. The molecule has 2 unspecified atom stereocenters. The molecule has 1 aromatic heterocycles. The van der Waals surface area contributed by atoms with E-state index in [-0.39, 0.29) is 17.1 Å². The quantitative estimate of drug-likeness (QED) is 0.710. The van der Waals surface area contributed by atoms with Gasteiger partial charge >= 0.3 is 0 Å². The molecule has 2 atom stereocenters. The number of carbonyl (C=O) groups excluding carboxylic acids is 1. The van der Waals surface area contributed by atoms with Crippen molar-refractivity contribution in [1.82, 2.24) is 14.8 Å². The molecule has 0 N–H and O–H groups in total. The molecule has 1 aromatic rings. The largest absolute Gasteiger partial charge is 0.333 e. The van der Waals surface area contributed by atoms with Crippen LogP contribution in [-0.2, 0) is 0 Å². The number of aromatic nitrogens is 1. The van der Waals surface area contributed by atoms with Crippen molar-refractivity contribution in [3.63, 3.8) is 0 Å². The van der Waals surface area contributed by atoms with Crippen molar-refractivity contribution in [2.24, 2.45) is 0 Å². The fourth-order valence-electron chi connectivity index (χ4n) is 3.36. The Bertz CT molecular complexity index is 554. The van der Waals surface area contributed by atoms with E-state index >= 15 is 0 Å². The highest BCUT2D eigenvalue weighted by Gasteiger charge is 2.36. The van der Waals surface area contributed by atoms with E-state index in [9.17, 15) is 4.79 Å². The van der Waals surface area contributed by atoms with Gasteiger partial charge < -0.3 is 4.90 Å². The summed E-state index contributed by atoms with van der Waals surface area (Å²) in [6.45, 7) is 5.02. The fourth-order valence-corrected chi connectivity index (χ4v) is 3.88. The number of amides is 1. The second-order valence-corrected chi connectivity index (χ2v) is 7.22. The van der Waals surface area contributed by atoms with Crippen LogP contribution in [0.3, 0.4) is 0 Å². The summed E-state index contributed by atoms with van der Waals surface area (Å²) in [5, 5.41) is 0.279. The Hall–Kier alpha value is -0.650. The van der Waals surface area contributed by atoms with Crippen molar-refractivity contribution >= 4 is 33.4 Å². The molecular weight excluding hydrogens is 354 g/mol. The van der Waals surface area contributed by atoms with E-state index in [1.54, 1.807) is 12.3 Å². The second kappa shape index (κ2) is 6.23. The van der Waals surface area contributed by atoms with Crippen LogP contribution in [0, 0.1) is 0 Å². The van der Waals surface area contributed by atoms with Gasteiger partial charge in [0.15, 0.2) is 0 Å². The highest BCUT2D eigenvalue weighted by molar-refractivity contribution is 9.10. The Labute approximate surface area is 138 Å². The van der Waals surface area contributed by atoms with E-state index in [0.717, 1.165) is 24.1 Å². The van der Waals surface area contributed by atoms with Crippen molar-refractivity contribution in [2.75, 3.05) is 19.6 Å². The number of carbonyl (C=O) groups is 1. The van der Waals surface area contributed by atoms with E-state index in [1.807, 2.05) is 4.90 Å². The summed E-state index contributed by atoms with van der Waals surface area (Å²) in [6.07, 6.45) is 5.33.